The number of imidazole rings is 1. The normalized spacial score (nSPS) is 10.6. The number of ether oxygens (including phenoxy) is 1. The molecular formula is C20H23N5O2. The molecule has 0 atom stereocenters. The van der Waals surface area contributed by atoms with Gasteiger partial charge in [0.15, 0.2) is 0 Å². The van der Waals surface area contributed by atoms with Gasteiger partial charge in [-0.15, -0.1) is 0 Å². The summed E-state index contributed by atoms with van der Waals surface area (Å²) in [7, 11) is 1.57. The van der Waals surface area contributed by atoms with Crippen molar-refractivity contribution in [1.82, 2.24) is 24.8 Å². The lowest BCUT2D eigenvalue weighted by Gasteiger charge is -2.12. The molecule has 7 heteroatoms. The van der Waals surface area contributed by atoms with Crippen molar-refractivity contribution in [1.29, 1.82) is 0 Å². The summed E-state index contributed by atoms with van der Waals surface area (Å²) in [6.45, 7) is 5.17. The zero-order valence-electron chi connectivity index (χ0n) is 15.8. The van der Waals surface area contributed by atoms with E-state index in [0.717, 1.165) is 29.1 Å². The number of hydrogen-bond donors (Lipinski definition) is 1. The quantitative estimate of drug-likeness (QED) is 0.696. The third-order valence-electron chi connectivity index (χ3n) is 4.37. The highest BCUT2D eigenvalue weighted by Crippen LogP contribution is 2.30. The minimum absolute atomic E-state index is 0.122. The summed E-state index contributed by atoms with van der Waals surface area (Å²) in [6.07, 6.45) is 6.04. The summed E-state index contributed by atoms with van der Waals surface area (Å²) in [5.74, 6) is 1.38. The van der Waals surface area contributed by atoms with Gasteiger partial charge in [-0.2, -0.15) is 0 Å². The third kappa shape index (κ3) is 4.13. The van der Waals surface area contributed by atoms with Crippen LogP contribution in [0.15, 0.2) is 43.0 Å². The maximum Gasteiger partial charge on any atom is 0.251 e. The number of carbonyl (C=O) groups is 1. The first-order valence-corrected chi connectivity index (χ1v) is 8.88. The van der Waals surface area contributed by atoms with Crippen LogP contribution in [0.5, 0.6) is 5.88 Å². The molecule has 1 N–H and O–H groups in total. The summed E-state index contributed by atoms with van der Waals surface area (Å²) in [5.41, 5.74) is 3.02. The van der Waals surface area contributed by atoms with E-state index in [1.165, 1.54) is 6.33 Å². The number of nitrogens with zero attached hydrogens (tertiary/aromatic N) is 4. The van der Waals surface area contributed by atoms with Crippen LogP contribution in [-0.4, -0.2) is 39.1 Å². The zero-order valence-corrected chi connectivity index (χ0v) is 15.8. The fourth-order valence-corrected chi connectivity index (χ4v) is 3.00. The minimum Gasteiger partial charge on any atom is -0.480 e. The van der Waals surface area contributed by atoms with Gasteiger partial charge in [-0.25, -0.2) is 15.0 Å². The molecule has 1 aromatic carbocycles. The van der Waals surface area contributed by atoms with Crippen molar-refractivity contribution >= 4 is 5.91 Å². The van der Waals surface area contributed by atoms with Crippen LogP contribution in [0.2, 0.25) is 0 Å². The summed E-state index contributed by atoms with van der Waals surface area (Å²) in [4.78, 5) is 25.2. The fourth-order valence-electron chi connectivity index (χ4n) is 3.00. The molecule has 2 aromatic heterocycles. The standard InChI is InChI=1S/C20H23N5O2/c1-4-17-21-8-10-25(17)11-9-22-19(26)16-7-5-6-15(12-16)18-14(2)23-13-24-20(18)27-3/h5-8,10,12-13H,4,9,11H2,1-3H3,(H,22,26). The molecule has 0 aliphatic carbocycles. The molecule has 7 nitrogen and oxygen atoms in total. The lowest BCUT2D eigenvalue weighted by molar-refractivity contribution is 0.0952. The molecule has 0 radical (unpaired) electrons. The van der Waals surface area contributed by atoms with Gasteiger partial charge in [0.25, 0.3) is 5.91 Å². The van der Waals surface area contributed by atoms with E-state index in [2.05, 4.69) is 27.2 Å². The summed E-state index contributed by atoms with van der Waals surface area (Å²) < 4.78 is 7.40. The van der Waals surface area contributed by atoms with E-state index < -0.39 is 0 Å². The Kier molecular flexibility index (Phi) is 5.80. The van der Waals surface area contributed by atoms with Crippen LogP contribution in [0, 0.1) is 6.92 Å². The number of methoxy groups -OCH3 is 1. The first-order valence-electron chi connectivity index (χ1n) is 8.88. The van der Waals surface area contributed by atoms with E-state index in [4.69, 9.17) is 4.74 Å². The van der Waals surface area contributed by atoms with Gasteiger partial charge < -0.3 is 14.6 Å². The van der Waals surface area contributed by atoms with Crippen molar-refractivity contribution in [2.75, 3.05) is 13.7 Å². The van der Waals surface area contributed by atoms with Gasteiger partial charge in [0.05, 0.1) is 18.4 Å². The Bertz CT molecular complexity index is 936. The van der Waals surface area contributed by atoms with Gasteiger partial charge >= 0.3 is 0 Å². The highest BCUT2D eigenvalue weighted by molar-refractivity contribution is 5.95. The Hall–Kier alpha value is -3.22. The monoisotopic (exact) mass is 365 g/mol. The molecule has 27 heavy (non-hydrogen) atoms. The Morgan fingerprint density at radius 3 is 2.89 bits per heavy atom. The number of benzene rings is 1. The molecule has 3 aromatic rings. The van der Waals surface area contributed by atoms with Gasteiger partial charge in [0.2, 0.25) is 5.88 Å². The average molecular weight is 365 g/mol. The highest BCUT2D eigenvalue weighted by Gasteiger charge is 2.14. The second-order valence-corrected chi connectivity index (χ2v) is 6.07. The fraction of sp³-hybridized carbons (Fsp3) is 0.300. The van der Waals surface area contributed by atoms with Gasteiger partial charge in [-0.05, 0) is 24.6 Å². The Labute approximate surface area is 158 Å². The van der Waals surface area contributed by atoms with Crippen molar-refractivity contribution in [2.24, 2.45) is 0 Å². The first-order chi connectivity index (χ1) is 13.1. The first kappa shape index (κ1) is 18.6. The molecule has 140 valence electrons. The van der Waals surface area contributed by atoms with Crippen LogP contribution in [0.3, 0.4) is 0 Å². The molecule has 0 unspecified atom stereocenters. The SMILES string of the molecule is CCc1nccn1CCNC(=O)c1cccc(-c2c(C)ncnc2OC)c1. The molecule has 3 rings (SSSR count). The molecular weight excluding hydrogens is 342 g/mol. The molecule has 0 saturated carbocycles. The number of carbonyl (C=O) groups excluding carboxylic acids is 1. The summed E-state index contributed by atoms with van der Waals surface area (Å²) >= 11 is 0. The topological polar surface area (TPSA) is 81.9 Å². The summed E-state index contributed by atoms with van der Waals surface area (Å²) in [5, 5.41) is 2.96. The van der Waals surface area contributed by atoms with Crippen molar-refractivity contribution < 1.29 is 9.53 Å². The second-order valence-electron chi connectivity index (χ2n) is 6.07. The Morgan fingerprint density at radius 1 is 1.26 bits per heavy atom. The number of nitrogens with one attached hydrogen (secondary N) is 1. The third-order valence-corrected chi connectivity index (χ3v) is 4.37. The number of amides is 1. The van der Waals surface area contributed by atoms with Crippen LogP contribution < -0.4 is 10.1 Å². The molecule has 0 saturated heterocycles. The lowest BCUT2D eigenvalue weighted by atomic mass is 10.0. The smallest absolute Gasteiger partial charge is 0.251 e. The maximum atomic E-state index is 12.6. The number of aryl methyl sites for hydroxylation is 2. The molecule has 1 amide bonds. The van der Waals surface area contributed by atoms with Crippen LogP contribution in [-0.2, 0) is 13.0 Å². The Morgan fingerprint density at radius 2 is 2.11 bits per heavy atom. The van der Waals surface area contributed by atoms with Gasteiger partial charge in [-0.3, -0.25) is 4.79 Å². The van der Waals surface area contributed by atoms with Crippen LogP contribution >= 0.6 is 0 Å². The second kappa shape index (κ2) is 8.44. The van der Waals surface area contributed by atoms with Crippen LogP contribution in [0.4, 0.5) is 0 Å². The summed E-state index contributed by atoms with van der Waals surface area (Å²) in [6, 6.07) is 7.39. The van der Waals surface area contributed by atoms with E-state index in [-0.39, 0.29) is 5.91 Å². The Balaban J connectivity index is 1.73. The lowest BCUT2D eigenvalue weighted by Crippen LogP contribution is -2.27. The van der Waals surface area contributed by atoms with Gasteiger partial charge in [0.1, 0.15) is 12.2 Å². The molecule has 0 aliphatic heterocycles. The van der Waals surface area contributed by atoms with E-state index in [1.54, 1.807) is 19.4 Å². The molecule has 0 bridgehead atoms. The predicted molar refractivity (Wildman–Crippen MR) is 103 cm³/mol. The number of aromatic nitrogens is 4. The van der Waals surface area contributed by atoms with Gasteiger partial charge in [-0.1, -0.05) is 19.1 Å². The largest absolute Gasteiger partial charge is 0.480 e. The highest BCUT2D eigenvalue weighted by atomic mass is 16.5. The van der Waals surface area contributed by atoms with Gasteiger partial charge in [0, 0.05) is 37.5 Å². The van der Waals surface area contributed by atoms with Crippen molar-refractivity contribution in [2.45, 2.75) is 26.8 Å². The molecule has 0 aliphatic rings. The van der Waals surface area contributed by atoms with Crippen LogP contribution in [0.25, 0.3) is 11.1 Å². The van der Waals surface area contributed by atoms with E-state index in [1.807, 2.05) is 35.9 Å². The maximum absolute atomic E-state index is 12.6. The van der Waals surface area contributed by atoms with Crippen LogP contribution in [0.1, 0.15) is 28.8 Å². The molecule has 0 spiro atoms. The van der Waals surface area contributed by atoms with Crippen molar-refractivity contribution in [3.63, 3.8) is 0 Å². The van der Waals surface area contributed by atoms with Crippen molar-refractivity contribution in [3.8, 4) is 17.0 Å². The zero-order chi connectivity index (χ0) is 19.2. The van der Waals surface area contributed by atoms with E-state index in [9.17, 15) is 4.79 Å². The molecule has 2 heterocycles. The average Bonchev–Trinajstić information content (AvgIpc) is 3.15. The predicted octanol–water partition coefficient (Wildman–Crippen LogP) is 2.65. The van der Waals surface area contributed by atoms with E-state index in [0.29, 0.717) is 24.5 Å². The molecule has 0 fully saturated rings. The number of rotatable bonds is 7. The minimum atomic E-state index is -0.122. The van der Waals surface area contributed by atoms with E-state index >= 15 is 0 Å². The number of hydrogen-bond acceptors (Lipinski definition) is 5. The van der Waals surface area contributed by atoms with Crippen molar-refractivity contribution in [3.05, 3.63) is 60.1 Å².